The van der Waals surface area contributed by atoms with Gasteiger partial charge in [-0.15, -0.1) is 11.3 Å². The average Bonchev–Trinajstić information content (AvgIpc) is 2.75. The SMILES string of the molecule is Cc1nc(Nc2ccc(O)c(C(=O)O)c2)c2c(C)c(C)sc2n1. The maximum Gasteiger partial charge on any atom is 0.339 e. The summed E-state index contributed by atoms with van der Waals surface area (Å²) in [7, 11) is 0. The number of aryl methyl sites for hydroxylation is 3. The van der Waals surface area contributed by atoms with Crippen LogP contribution in [-0.2, 0) is 0 Å². The number of phenols is 1. The highest BCUT2D eigenvalue weighted by molar-refractivity contribution is 7.18. The number of aromatic nitrogens is 2. The van der Waals surface area contributed by atoms with Crippen LogP contribution in [0.2, 0.25) is 0 Å². The van der Waals surface area contributed by atoms with Gasteiger partial charge in [0, 0.05) is 10.6 Å². The molecule has 0 saturated heterocycles. The van der Waals surface area contributed by atoms with Crippen LogP contribution in [0.1, 0.15) is 26.6 Å². The number of hydrogen-bond acceptors (Lipinski definition) is 6. The van der Waals surface area contributed by atoms with Crippen LogP contribution >= 0.6 is 11.3 Å². The number of rotatable bonds is 3. The number of carbonyl (C=O) groups is 1. The minimum absolute atomic E-state index is 0.157. The molecule has 1 aromatic carbocycles. The van der Waals surface area contributed by atoms with Gasteiger partial charge in [-0.3, -0.25) is 0 Å². The van der Waals surface area contributed by atoms with E-state index in [-0.39, 0.29) is 11.3 Å². The van der Waals surface area contributed by atoms with E-state index in [2.05, 4.69) is 15.3 Å². The van der Waals surface area contributed by atoms with Crippen molar-refractivity contribution < 1.29 is 15.0 Å². The summed E-state index contributed by atoms with van der Waals surface area (Å²) in [5.74, 6) is -0.179. The second kappa shape index (κ2) is 5.51. The van der Waals surface area contributed by atoms with E-state index in [1.165, 1.54) is 17.0 Å². The zero-order valence-electron chi connectivity index (χ0n) is 12.8. The Morgan fingerprint density at radius 1 is 1.22 bits per heavy atom. The fraction of sp³-hybridized carbons (Fsp3) is 0.188. The molecule has 0 aliphatic carbocycles. The van der Waals surface area contributed by atoms with Crippen LogP contribution in [0.15, 0.2) is 18.2 Å². The van der Waals surface area contributed by atoms with Crippen molar-refractivity contribution in [3.63, 3.8) is 0 Å². The second-order valence-corrected chi connectivity index (χ2v) is 6.45. The molecular weight excluding hydrogens is 314 g/mol. The minimum atomic E-state index is -1.18. The number of nitrogens with one attached hydrogen (secondary N) is 1. The van der Waals surface area contributed by atoms with E-state index in [9.17, 15) is 9.90 Å². The Morgan fingerprint density at radius 2 is 1.96 bits per heavy atom. The lowest BCUT2D eigenvalue weighted by molar-refractivity contribution is 0.0694. The number of aromatic hydroxyl groups is 1. The minimum Gasteiger partial charge on any atom is -0.507 e. The molecule has 3 rings (SSSR count). The highest BCUT2D eigenvalue weighted by atomic mass is 32.1. The van der Waals surface area contributed by atoms with Crippen LogP contribution in [0, 0.1) is 20.8 Å². The van der Waals surface area contributed by atoms with Gasteiger partial charge < -0.3 is 15.5 Å². The molecule has 0 atom stereocenters. The molecule has 0 saturated carbocycles. The van der Waals surface area contributed by atoms with E-state index in [1.807, 2.05) is 20.8 Å². The predicted molar refractivity (Wildman–Crippen MR) is 90.0 cm³/mol. The molecule has 0 fully saturated rings. The third kappa shape index (κ3) is 2.70. The molecule has 23 heavy (non-hydrogen) atoms. The summed E-state index contributed by atoms with van der Waals surface area (Å²) in [5, 5.41) is 22.8. The first kappa shape index (κ1) is 15.2. The molecule has 2 heterocycles. The van der Waals surface area contributed by atoms with Crippen LogP contribution in [0.25, 0.3) is 10.2 Å². The molecule has 0 spiro atoms. The van der Waals surface area contributed by atoms with Crippen molar-refractivity contribution in [2.24, 2.45) is 0 Å². The van der Waals surface area contributed by atoms with Crippen molar-refractivity contribution in [1.29, 1.82) is 0 Å². The third-order valence-electron chi connectivity index (χ3n) is 3.63. The first-order valence-corrected chi connectivity index (χ1v) is 7.76. The van der Waals surface area contributed by atoms with Crippen LogP contribution < -0.4 is 5.32 Å². The first-order valence-electron chi connectivity index (χ1n) is 6.94. The highest BCUT2D eigenvalue weighted by Crippen LogP contribution is 2.35. The lowest BCUT2D eigenvalue weighted by atomic mass is 10.1. The standard InChI is InChI=1S/C16H15N3O3S/c1-7-8(2)23-15-13(7)14(17-9(3)18-15)19-10-4-5-12(20)11(6-10)16(21)22/h4-6,20H,1-3H3,(H,21,22)(H,17,18,19). The van der Waals surface area contributed by atoms with Crippen molar-refractivity contribution >= 4 is 39.0 Å². The molecule has 0 radical (unpaired) electrons. The number of aromatic carboxylic acids is 1. The molecule has 0 amide bonds. The van der Waals surface area contributed by atoms with Crippen LogP contribution in [0.5, 0.6) is 5.75 Å². The Hall–Kier alpha value is -2.67. The van der Waals surface area contributed by atoms with Crippen LogP contribution in [0.3, 0.4) is 0 Å². The molecule has 2 aromatic heterocycles. The predicted octanol–water partition coefficient (Wildman–Crippen LogP) is 3.76. The second-order valence-electron chi connectivity index (χ2n) is 5.24. The van der Waals surface area contributed by atoms with Crippen molar-refractivity contribution in [3.05, 3.63) is 40.0 Å². The van der Waals surface area contributed by atoms with Crippen molar-refractivity contribution in [2.45, 2.75) is 20.8 Å². The number of carboxylic acid groups (broad SMARTS) is 1. The van der Waals surface area contributed by atoms with Gasteiger partial charge in [0.1, 0.15) is 27.8 Å². The number of hydrogen-bond donors (Lipinski definition) is 3. The van der Waals surface area contributed by atoms with E-state index >= 15 is 0 Å². The summed E-state index contributed by atoms with van der Waals surface area (Å²) < 4.78 is 0. The van der Waals surface area contributed by atoms with Gasteiger partial charge in [0.15, 0.2) is 0 Å². The van der Waals surface area contributed by atoms with E-state index in [0.717, 1.165) is 15.8 Å². The zero-order valence-corrected chi connectivity index (χ0v) is 13.7. The number of benzene rings is 1. The van der Waals surface area contributed by atoms with Gasteiger partial charge in [0.25, 0.3) is 0 Å². The summed E-state index contributed by atoms with van der Waals surface area (Å²) in [4.78, 5) is 22.1. The molecule has 118 valence electrons. The average molecular weight is 329 g/mol. The Labute approximate surface area is 136 Å². The molecule has 0 aliphatic heterocycles. The Bertz CT molecular complexity index is 934. The maximum absolute atomic E-state index is 11.1. The van der Waals surface area contributed by atoms with Crippen LogP contribution in [0.4, 0.5) is 11.5 Å². The summed E-state index contributed by atoms with van der Waals surface area (Å²) in [6.07, 6.45) is 0. The molecule has 7 heteroatoms. The number of fused-ring (bicyclic) bond motifs is 1. The Balaban J connectivity index is 2.12. The number of carboxylic acids is 1. The summed E-state index contributed by atoms with van der Waals surface area (Å²) in [5.41, 5.74) is 1.49. The highest BCUT2D eigenvalue weighted by Gasteiger charge is 2.15. The first-order chi connectivity index (χ1) is 10.9. The third-order valence-corrected chi connectivity index (χ3v) is 4.73. The van der Waals surface area contributed by atoms with Crippen molar-refractivity contribution in [2.75, 3.05) is 5.32 Å². The molecule has 0 aliphatic rings. The molecule has 3 aromatic rings. The van der Waals surface area contributed by atoms with Gasteiger partial charge in [-0.1, -0.05) is 0 Å². The molecule has 6 nitrogen and oxygen atoms in total. The van der Waals surface area contributed by atoms with Crippen LogP contribution in [-0.4, -0.2) is 26.2 Å². The molecule has 0 unspecified atom stereocenters. The summed E-state index contributed by atoms with van der Waals surface area (Å²) in [6.45, 7) is 5.86. The van der Waals surface area contributed by atoms with Gasteiger partial charge in [-0.2, -0.15) is 0 Å². The Kier molecular flexibility index (Phi) is 3.65. The Morgan fingerprint density at radius 3 is 2.65 bits per heavy atom. The lowest BCUT2D eigenvalue weighted by Crippen LogP contribution is -2.01. The van der Waals surface area contributed by atoms with Gasteiger partial charge >= 0.3 is 5.97 Å². The normalized spacial score (nSPS) is 10.9. The molecule has 0 bridgehead atoms. The number of nitrogens with zero attached hydrogens (tertiary/aromatic N) is 2. The van der Waals surface area contributed by atoms with E-state index in [0.29, 0.717) is 17.3 Å². The monoisotopic (exact) mass is 329 g/mol. The van der Waals surface area contributed by atoms with Gasteiger partial charge in [-0.25, -0.2) is 14.8 Å². The molecule has 3 N–H and O–H groups in total. The van der Waals surface area contributed by atoms with Gasteiger partial charge in [0.2, 0.25) is 0 Å². The lowest BCUT2D eigenvalue weighted by Gasteiger charge is -2.10. The fourth-order valence-electron chi connectivity index (χ4n) is 2.37. The van der Waals surface area contributed by atoms with E-state index < -0.39 is 5.97 Å². The summed E-state index contributed by atoms with van der Waals surface area (Å²) in [6, 6.07) is 4.35. The molecular formula is C16H15N3O3S. The van der Waals surface area contributed by atoms with Gasteiger partial charge in [0.05, 0.1) is 5.39 Å². The summed E-state index contributed by atoms with van der Waals surface area (Å²) >= 11 is 1.60. The smallest absolute Gasteiger partial charge is 0.339 e. The van der Waals surface area contributed by atoms with Crippen molar-refractivity contribution in [1.82, 2.24) is 9.97 Å². The number of anilines is 2. The number of thiophene rings is 1. The topological polar surface area (TPSA) is 95.3 Å². The van der Waals surface area contributed by atoms with Gasteiger partial charge in [-0.05, 0) is 44.5 Å². The maximum atomic E-state index is 11.1. The zero-order chi connectivity index (χ0) is 16.7. The van der Waals surface area contributed by atoms with E-state index in [1.54, 1.807) is 17.4 Å². The van der Waals surface area contributed by atoms with Crippen molar-refractivity contribution in [3.8, 4) is 5.75 Å². The fourth-order valence-corrected chi connectivity index (χ4v) is 3.44. The largest absolute Gasteiger partial charge is 0.507 e. The van der Waals surface area contributed by atoms with E-state index in [4.69, 9.17) is 5.11 Å². The quantitative estimate of drug-likeness (QED) is 0.633.